The molecule has 2 aromatic rings. The van der Waals surface area contributed by atoms with E-state index in [4.69, 9.17) is 9.47 Å². The smallest absolute Gasteiger partial charge is 0.247 e. The molecule has 0 aliphatic carbocycles. The SMILES string of the molecule is COc1ccc(OC)c(S(=O)(=O)N2CCN(C(=O)CN(C)S(=O)(=O)c3ccccc3)CC2)c1. The van der Waals surface area contributed by atoms with Gasteiger partial charge in [0.15, 0.2) is 0 Å². The van der Waals surface area contributed by atoms with Crippen molar-refractivity contribution in [2.45, 2.75) is 9.79 Å². The van der Waals surface area contributed by atoms with Crippen molar-refractivity contribution in [1.29, 1.82) is 0 Å². The van der Waals surface area contributed by atoms with Crippen LogP contribution >= 0.6 is 0 Å². The Hall–Kier alpha value is -2.67. The third-order valence-corrected chi connectivity index (χ3v) is 9.13. The van der Waals surface area contributed by atoms with Crippen LogP contribution in [0.25, 0.3) is 0 Å². The predicted molar refractivity (Wildman–Crippen MR) is 121 cm³/mol. The van der Waals surface area contributed by atoms with Crippen molar-refractivity contribution in [3.8, 4) is 11.5 Å². The van der Waals surface area contributed by atoms with Crippen LogP contribution in [-0.2, 0) is 24.8 Å². The first-order chi connectivity index (χ1) is 15.6. The number of ether oxygens (including phenoxy) is 2. The molecule has 1 amide bonds. The van der Waals surface area contributed by atoms with Crippen LogP contribution in [0.15, 0.2) is 58.3 Å². The van der Waals surface area contributed by atoms with Gasteiger partial charge < -0.3 is 14.4 Å². The highest BCUT2D eigenvalue weighted by Gasteiger charge is 2.33. The van der Waals surface area contributed by atoms with Crippen molar-refractivity contribution < 1.29 is 31.1 Å². The first-order valence-corrected chi connectivity index (χ1v) is 13.0. The first-order valence-electron chi connectivity index (χ1n) is 10.1. The minimum atomic E-state index is -3.88. The second kappa shape index (κ2) is 10.1. The zero-order chi connectivity index (χ0) is 24.2. The van der Waals surface area contributed by atoms with Crippen molar-refractivity contribution in [3.63, 3.8) is 0 Å². The van der Waals surface area contributed by atoms with Crippen molar-refractivity contribution in [1.82, 2.24) is 13.5 Å². The lowest BCUT2D eigenvalue weighted by Crippen LogP contribution is -2.52. The van der Waals surface area contributed by atoms with Crippen LogP contribution in [0.3, 0.4) is 0 Å². The Morgan fingerprint density at radius 1 is 0.939 bits per heavy atom. The van der Waals surface area contributed by atoms with Gasteiger partial charge in [-0.2, -0.15) is 8.61 Å². The van der Waals surface area contributed by atoms with Crippen LogP contribution in [0, 0.1) is 0 Å². The maximum atomic E-state index is 13.2. The average Bonchev–Trinajstić information content (AvgIpc) is 2.84. The highest BCUT2D eigenvalue weighted by molar-refractivity contribution is 7.89. The molecule has 0 aromatic heterocycles. The second-order valence-corrected chi connectivity index (χ2v) is 11.3. The van der Waals surface area contributed by atoms with Gasteiger partial charge in [0.2, 0.25) is 26.0 Å². The van der Waals surface area contributed by atoms with Gasteiger partial charge in [0.25, 0.3) is 0 Å². The predicted octanol–water partition coefficient (Wildman–Crippen LogP) is 0.857. The number of carbonyl (C=O) groups excluding carboxylic acids is 1. The van der Waals surface area contributed by atoms with Crippen molar-refractivity contribution in [2.24, 2.45) is 0 Å². The largest absolute Gasteiger partial charge is 0.497 e. The van der Waals surface area contributed by atoms with Gasteiger partial charge in [0, 0.05) is 39.3 Å². The van der Waals surface area contributed by atoms with E-state index in [1.165, 1.54) is 54.7 Å². The number of amides is 1. The second-order valence-electron chi connectivity index (χ2n) is 7.38. The molecule has 0 atom stereocenters. The molecule has 1 heterocycles. The van der Waals surface area contributed by atoms with E-state index in [1.807, 2.05) is 0 Å². The van der Waals surface area contributed by atoms with E-state index in [0.717, 1.165) is 4.31 Å². The van der Waals surface area contributed by atoms with E-state index in [0.29, 0.717) is 5.75 Å². The summed E-state index contributed by atoms with van der Waals surface area (Å²) in [5.41, 5.74) is 0. The van der Waals surface area contributed by atoms with Crippen LogP contribution < -0.4 is 9.47 Å². The third kappa shape index (κ3) is 5.29. The number of piperazine rings is 1. The molecule has 0 spiro atoms. The van der Waals surface area contributed by atoms with Gasteiger partial charge in [-0.05, 0) is 24.3 Å². The highest BCUT2D eigenvalue weighted by Crippen LogP contribution is 2.31. The molecule has 1 aliphatic rings. The van der Waals surface area contributed by atoms with Crippen molar-refractivity contribution in [3.05, 3.63) is 48.5 Å². The number of benzene rings is 2. The van der Waals surface area contributed by atoms with E-state index in [-0.39, 0.29) is 48.3 Å². The Bertz CT molecular complexity index is 1190. The summed E-state index contributed by atoms with van der Waals surface area (Å²) >= 11 is 0. The van der Waals surface area contributed by atoms with Gasteiger partial charge in [0.05, 0.1) is 25.7 Å². The fraction of sp³-hybridized carbons (Fsp3) is 0.381. The van der Waals surface area contributed by atoms with Gasteiger partial charge in [0.1, 0.15) is 16.4 Å². The highest BCUT2D eigenvalue weighted by atomic mass is 32.2. The van der Waals surface area contributed by atoms with E-state index in [2.05, 4.69) is 0 Å². The zero-order valence-electron chi connectivity index (χ0n) is 18.7. The maximum Gasteiger partial charge on any atom is 0.247 e. The Balaban J connectivity index is 1.66. The van der Waals surface area contributed by atoms with Gasteiger partial charge in [-0.25, -0.2) is 16.8 Å². The van der Waals surface area contributed by atoms with Gasteiger partial charge in [-0.3, -0.25) is 4.79 Å². The average molecular weight is 498 g/mol. The molecular weight excluding hydrogens is 470 g/mol. The Morgan fingerprint density at radius 3 is 2.15 bits per heavy atom. The summed E-state index contributed by atoms with van der Waals surface area (Å²) in [5.74, 6) is 0.181. The van der Waals surface area contributed by atoms with Gasteiger partial charge >= 0.3 is 0 Å². The molecular formula is C21H27N3O7S2. The van der Waals surface area contributed by atoms with Gasteiger partial charge in [-0.1, -0.05) is 18.2 Å². The number of nitrogens with zero attached hydrogens (tertiary/aromatic N) is 3. The minimum Gasteiger partial charge on any atom is -0.497 e. The van der Waals surface area contributed by atoms with Crippen LogP contribution in [0.1, 0.15) is 0 Å². The molecule has 0 saturated carbocycles. The summed E-state index contributed by atoms with van der Waals surface area (Å²) in [7, 11) is -3.52. The molecule has 0 bridgehead atoms. The fourth-order valence-electron chi connectivity index (χ4n) is 3.45. The van der Waals surface area contributed by atoms with E-state index < -0.39 is 26.0 Å². The van der Waals surface area contributed by atoms with Crippen LogP contribution in [0.2, 0.25) is 0 Å². The lowest BCUT2D eigenvalue weighted by atomic mass is 10.3. The molecule has 12 heteroatoms. The van der Waals surface area contributed by atoms with E-state index >= 15 is 0 Å². The molecule has 33 heavy (non-hydrogen) atoms. The Morgan fingerprint density at radius 2 is 1.58 bits per heavy atom. The molecule has 0 unspecified atom stereocenters. The summed E-state index contributed by atoms with van der Waals surface area (Å²) in [6.07, 6.45) is 0. The Kier molecular flexibility index (Phi) is 7.62. The number of hydrogen-bond donors (Lipinski definition) is 0. The number of methoxy groups -OCH3 is 2. The monoisotopic (exact) mass is 497 g/mol. The Labute approximate surface area is 194 Å². The molecule has 1 aliphatic heterocycles. The van der Waals surface area contributed by atoms with Crippen LogP contribution in [0.4, 0.5) is 0 Å². The van der Waals surface area contributed by atoms with E-state index in [9.17, 15) is 21.6 Å². The number of likely N-dealkylation sites (N-methyl/N-ethyl adjacent to an activating group) is 1. The number of sulfonamides is 2. The molecule has 3 rings (SSSR count). The van der Waals surface area contributed by atoms with Crippen molar-refractivity contribution in [2.75, 3.05) is 54.0 Å². The van der Waals surface area contributed by atoms with E-state index in [1.54, 1.807) is 24.3 Å². The molecule has 10 nitrogen and oxygen atoms in total. The summed E-state index contributed by atoms with van der Waals surface area (Å²) in [4.78, 5) is 14.3. The summed E-state index contributed by atoms with van der Waals surface area (Å²) < 4.78 is 64.3. The lowest BCUT2D eigenvalue weighted by Gasteiger charge is -2.34. The lowest BCUT2D eigenvalue weighted by molar-refractivity contribution is -0.132. The topological polar surface area (TPSA) is 114 Å². The summed E-state index contributed by atoms with van der Waals surface area (Å²) in [6.45, 7) is 0.0913. The standard InChI is InChI=1S/C21H27N3O7S2/c1-22(32(26,27)18-7-5-4-6-8-18)16-21(25)23-11-13-24(14-12-23)33(28,29)20-15-17(30-2)9-10-19(20)31-3/h4-10,15H,11-14,16H2,1-3H3. The fourth-order valence-corrected chi connectivity index (χ4v) is 6.18. The normalized spacial score (nSPS) is 15.5. The minimum absolute atomic E-state index is 0.0159. The zero-order valence-corrected chi connectivity index (χ0v) is 20.3. The number of carbonyl (C=O) groups is 1. The molecule has 180 valence electrons. The number of rotatable bonds is 8. The maximum absolute atomic E-state index is 13.2. The molecule has 0 radical (unpaired) electrons. The third-order valence-electron chi connectivity index (χ3n) is 5.39. The van der Waals surface area contributed by atoms with Gasteiger partial charge in [-0.15, -0.1) is 0 Å². The van der Waals surface area contributed by atoms with Crippen LogP contribution in [0.5, 0.6) is 11.5 Å². The molecule has 2 aromatic carbocycles. The quantitative estimate of drug-likeness (QED) is 0.531. The first kappa shape index (κ1) is 25.0. The van der Waals surface area contributed by atoms with Crippen LogP contribution in [-0.4, -0.2) is 90.2 Å². The van der Waals surface area contributed by atoms with Crippen molar-refractivity contribution >= 4 is 26.0 Å². The summed E-state index contributed by atoms with van der Waals surface area (Å²) in [6, 6.07) is 12.4. The molecule has 1 fully saturated rings. The molecule has 1 saturated heterocycles. The molecule has 0 N–H and O–H groups in total. The summed E-state index contributed by atoms with van der Waals surface area (Å²) in [5, 5.41) is 0. The number of hydrogen-bond acceptors (Lipinski definition) is 7.